The van der Waals surface area contributed by atoms with Crippen molar-refractivity contribution in [1.82, 2.24) is 4.34 Å². The first-order valence-corrected chi connectivity index (χ1v) is 3.54. The fraction of sp³-hybridized carbons (Fsp3) is 1.00. The summed E-state index contributed by atoms with van der Waals surface area (Å²) < 4.78 is 2.92. The number of hydrogen-bond donors (Lipinski definition) is 1. The van der Waals surface area contributed by atoms with Gasteiger partial charge in [-0.05, 0) is 6.42 Å². The van der Waals surface area contributed by atoms with E-state index in [9.17, 15) is 0 Å². The lowest BCUT2D eigenvalue weighted by atomic mass is 10.3. The van der Waals surface area contributed by atoms with E-state index < -0.39 is 0 Å². The van der Waals surface area contributed by atoms with Crippen LogP contribution in [0.25, 0.3) is 0 Å². The Morgan fingerprint density at radius 3 is 2.57 bits per heavy atom. The number of halogens is 1. The molecule has 1 N–H and O–H groups in total. The molecule has 0 aromatic heterocycles. The summed E-state index contributed by atoms with van der Waals surface area (Å²) in [5.74, 6) is 0. The Bertz CT molecular complexity index is 27.3. The maximum Gasteiger partial charge on any atom is 0.00875 e. The minimum atomic E-state index is 1.09. The molecule has 0 fully saturated rings. The van der Waals surface area contributed by atoms with E-state index in [1.54, 1.807) is 0 Å². The van der Waals surface area contributed by atoms with Gasteiger partial charge in [0.1, 0.15) is 0 Å². The van der Waals surface area contributed by atoms with Gasteiger partial charge in [0.15, 0.2) is 0 Å². The Hall–Kier alpha value is 0.440. The number of unbranched alkanes of at least 4 members (excludes halogenated alkanes) is 2. The van der Waals surface area contributed by atoms with Crippen molar-refractivity contribution in [2.45, 2.75) is 26.2 Å². The van der Waals surface area contributed by atoms with Crippen molar-refractivity contribution in [3.8, 4) is 0 Å². The third kappa shape index (κ3) is 6.44. The van der Waals surface area contributed by atoms with E-state index in [1.165, 1.54) is 19.3 Å². The van der Waals surface area contributed by atoms with Crippen LogP contribution < -0.4 is 4.34 Å². The largest absolute Gasteiger partial charge is 0.256 e. The van der Waals surface area contributed by atoms with Crippen LogP contribution in [0.3, 0.4) is 0 Å². The standard InChI is InChI=1S/C5H12BrN/c1-2-3-4-5-7-6/h7H,2-5H2,1H3. The zero-order chi connectivity index (χ0) is 5.54. The lowest BCUT2D eigenvalue weighted by Gasteiger charge is -1.91. The lowest BCUT2D eigenvalue weighted by molar-refractivity contribution is 0.712. The molecule has 0 aromatic carbocycles. The zero-order valence-electron chi connectivity index (χ0n) is 4.71. The Kier molecular flexibility index (Phi) is 6.84. The third-order valence-corrected chi connectivity index (χ3v) is 1.27. The number of rotatable bonds is 4. The predicted octanol–water partition coefficient (Wildman–Crippen LogP) is 2.08. The lowest BCUT2D eigenvalue weighted by Crippen LogP contribution is -1.98. The fourth-order valence-electron chi connectivity index (χ4n) is 0.442. The molecule has 0 radical (unpaired) electrons. The van der Waals surface area contributed by atoms with Crippen molar-refractivity contribution >= 4 is 16.1 Å². The van der Waals surface area contributed by atoms with Gasteiger partial charge in [0, 0.05) is 22.7 Å². The van der Waals surface area contributed by atoms with E-state index >= 15 is 0 Å². The Balaban J connectivity index is 2.45. The average molecular weight is 166 g/mol. The van der Waals surface area contributed by atoms with Gasteiger partial charge in [-0.1, -0.05) is 19.8 Å². The first kappa shape index (κ1) is 7.44. The van der Waals surface area contributed by atoms with Crippen LogP contribution in [-0.2, 0) is 0 Å². The fourth-order valence-corrected chi connectivity index (χ4v) is 0.722. The van der Waals surface area contributed by atoms with Crippen LogP contribution in [0.5, 0.6) is 0 Å². The molecule has 0 aromatic rings. The van der Waals surface area contributed by atoms with E-state index in [2.05, 4.69) is 27.4 Å². The molecular weight excluding hydrogens is 154 g/mol. The quantitative estimate of drug-likeness (QED) is 0.498. The van der Waals surface area contributed by atoms with Crippen molar-refractivity contribution in [2.24, 2.45) is 0 Å². The highest BCUT2D eigenvalue weighted by atomic mass is 79.9. The van der Waals surface area contributed by atoms with Gasteiger partial charge in [-0.3, -0.25) is 4.34 Å². The molecule has 2 heteroatoms. The van der Waals surface area contributed by atoms with Crippen LogP contribution >= 0.6 is 16.1 Å². The summed E-state index contributed by atoms with van der Waals surface area (Å²) in [6, 6.07) is 0. The summed E-state index contributed by atoms with van der Waals surface area (Å²) in [7, 11) is 0. The van der Waals surface area contributed by atoms with Crippen molar-refractivity contribution < 1.29 is 0 Å². The molecule has 0 saturated carbocycles. The molecule has 0 saturated heterocycles. The van der Waals surface area contributed by atoms with Gasteiger partial charge in [0.25, 0.3) is 0 Å². The Morgan fingerprint density at radius 1 is 1.43 bits per heavy atom. The van der Waals surface area contributed by atoms with E-state index in [0.717, 1.165) is 6.54 Å². The molecule has 0 aliphatic carbocycles. The number of nitrogens with one attached hydrogen (secondary N) is 1. The molecule has 0 aliphatic rings. The molecule has 0 aliphatic heterocycles. The van der Waals surface area contributed by atoms with Gasteiger partial charge in [-0.25, -0.2) is 0 Å². The smallest absolute Gasteiger partial charge is 0.00875 e. The second-order valence-electron chi connectivity index (χ2n) is 1.59. The Labute approximate surface area is 53.8 Å². The van der Waals surface area contributed by atoms with Crippen LogP contribution in [0.15, 0.2) is 0 Å². The molecule has 7 heavy (non-hydrogen) atoms. The highest BCUT2D eigenvalue weighted by Gasteiger charge is 1.79. The maximum atomic E-state index is 3.13. The van der Waals surface area contributed by atoms with Crippen molar-refractivity contribution in [2.75, 3.05) is 6.54 Å². The van der Waals surface area contributed by atoms with Gasteiger partial charge < -0.3 is 0 Å². The summed E-state index contributed by atoms with van der Waals surface area (Å²) >= 11 is 3.13. The highest BCUT2D eigenvalue weighted by molar-refractivity contribution is 9.08. The summed E-state index contributed by atoms with van der Waals surface area (Å²) in [5, 5.41) is 0. The minimum Gasteiger partial charge on any atom is -0.256 e. The van der Waals surface area contributed by atoms with Crippen molar-refractivity contribution in [1.29, 1.82) is 0 Å². The third-order valence-electron chi connectivity index (χ3n) is 0.875. The summed E-state index contributed by atoms with van der Waals surface area (Å²) in [5.41, 5.74) is 0. The topological polar surface area (TPSA) is 12.0 Å². The highest BCUT2D eigenvalue weighted by Crippen LogP contribution is 1.90. The van der Waals surface area contributed by atoms with E-state index in [1.807, 2.05) is 0 Å². The van der Waals surface area contributed by atoms with Crippen LogP contribution in [0.4, 0.5) is 0 Å². The SMILES string of the molecule is CCCCCNBr. The molecular formula is C5H12BrN. The summed E-state index contributed by atoms with van der Waals surface area (Å²) in [6.45, 7) is 3.29. The van der Waals surface area contributed by atoms with Gasteiger partial charge in [0.05, 0.1) is 0 Å². The molecule has 0 unspecified atom stereocenters. The summed E-state index contributed by atoms with van der Waals surface area (Å²) in [6.07, 6.45) is 3.91. The van der Waals surface area contributed by atoms with Gasteiger partial charge in [-0.15, -0.1) is 0 Å². The monoisotopic (exact) mass is 165 g/mol. The van der Waals surface area contributed by atoms with Crippen LogP contribution in [0.1, 0.15) is 26.2 Å². The molecule has 0 atom stereocenters. The molecule has 0 amide bonds. The second kappa shape index (κ2) is 6.44. The molecule has 44 valence electrons. The molecule has 0 rings (SSSR count). The van der Waals surface area contributed by atoms with E-state index in [4.69, 9.17) is 0 Å². The van der Waals surface area contributed by atoms with Crippen LogP contribution in [-0.4, -0.2) is 6.54 Å². The van der Waals surface area contributed by atoms with E-state index in [0.29, 0.717) is 0 Å². The molecule has 1 nitrogen and oxygen atoms in total. The first-order chi connectivity index (χ1) is 3.41. The molecule has 0 bridgehead atoms. The average Bonchev–Trinajstić information content (AvgIpc) is 1.69. The first-order valence-electron chi connectivity index (χ1n) is 2.75. The van der Waals surface area contributed by atoms with Gasteiger partial charge >= 0.3 is 0 Å². The number of hydrogen-bond acceptors (Lipinski definition) is 1. The van der Waals surface area contributed by atoms with Gasteiger partial charge in [0.2, 0.25) is 0 Å². The van der Waals surface area contributed by atoms with Crippen LogP contribution in [0, 0.1) is 0 Å². The van der Waals surface area contributed by atoms with Crippen molar-refractivity contribution in [3.63, 3.8) is 0 Å². The van der Waals surface area contributed by atoms with Gasteiger partial charge in [-0.2, -0.15) is 0 Å². The normalized spacial score (nSPS) is 9.43. The maximum absolute atomic E-state index is 3.13. The van der Waals surface area contributed by atoms with E-state index in [-0.39, 0.29) is 0 Å². The predicted molar refractivity (Wildman–Crippen MR) is 36.5 cm³/mol. The van der Waals surface area contributed by atoms with Crippen molar-refractivity contribution in [3.05, 3.63) is 0 Å². The second-order valence-corrected chi connectivity index (χ2v) is 2.15. The zero-order valence-corrected chi connectivity index (χ0v) is 6.29. The summed E-state index contributed by atoms with van der Waals surface area (Å²) in [4.78, 5) is 0. The Morgan fingerprint density at radius 2 is 2.14 bits per heavy atom. The minimum absolute atomic E-state index is 1.09. The van der Waals surface area contributed by atoms with Crippen LogP contribution in [0.2, 0.25) is 0 Å². The molecule has 0 spiro atoms. The molecule has 0 heterocycles.